The standard InChI is InChI=1S/C13H15N3O/c1-2-4-10(5-3-1)6-9-12-15-13(17-16-12)14-11-7-8-11/h1-5,11H,6-9H2,(H,14,15,16). The van der Waals surface area contributed by atoms with E-state index < -0.39 is 0 Å². The third kappa shape index (κ3) is 2.84. The van der Waals surface area contributed by atoms with Crippen molar-refractivity contribution in [1.29, 1.82) is 0 Å². The lowest BCUT2D eigenvalue weighted by Crippen LogP contribution is -2.01. The van der Waals surface area contributed by atoms with Gasteiger partial charge in [-0.25, -0.2) is 0 Å². The summed E-state index contributed by atoms with van der Waals surface area (Å²) < 4.78 is 5.13. The van der Waals surface area contributed by atoms with Crippen LogP contribution >= 0.6 is 0 Å². The molecule has 1 fully saturated rings. The molecule has 1 aliphatic carbocycles. The highest BCUT2D eigenvalue weighted by atomic mass is 16.5. The van der Waals surface area contributed by atoms with Crippen LogP contribution < -0.4 is 5.32 Å². The molecule has 4 heteroatoms. The molecule has 0 aliphatic heterocycles. The average Bonchev–Trinajstić information content (AvgIpc) is 3.06. The number of hydrogen-bond acceptors (Lipinski definition) is 4. The zero-order chi connectivity index (χ0) is 11.5. The summed E-state index contributed by atoms with van der Waals surface area (Å²) in [5, 5.41) is 7.16. The van der Waals surface area contributed by atoms with E-state index in [2.05, 4.69) is 27.6 Å². The average molecular weight is 229 g/mol. The molecule has 1 aromatic carbocycles. The van der Waals surface area contributed by atoms with Crippen LogP contribution in [0.15, 0.2) is 34.9 Å². The molecule has 4 nitrogen and oxygen atoms in total. The topological polar surface area (TPSA) is 51.0 Å². The predicted molar refractivity (Wildman–Crippen MR) is 64.8 cm³/mol. The summed E-state index contributed by atoms with van der Waals surface area (Å²) in [6.45, 7) is 0. The van der Waals surface area contributed by atoms with Crippen LogP contribution in [0, 0.1) is 0 Å². The number of aryl methyl sites for hydroxylation is 2. The van der Waals surface area contributed by atoms with Crippen LogP contribution in [0.4, 0.5) is 6.01 Å². The van der Waals surface area contributed by atoms with Gasteiger partial charge in [0.05, 0.1) is 0 Å². The summed E-state index contributed by atoms with van der Waals surface area (Å²) in [5.41, 5.74) is 1.30. The van der Waals surface area contributed by atoms with Crippen molar-refractivity contribution in [3.05, 3.63) is 41.7 Å². The van der Waals surface area contributed by atoms with Crippen LogP contribution in [-0.2, 0) is 12.8 Å². The van der Waals surface area contributed by atoms with Gasteiger partial charge in [0, 0.05) is 12.5 Å². The first-order valence-electron chi connectivity index (χ1n) is 6.03. The predicted octanol–water partition coefficient (Wildman–Crippen LogP) is 2.43. The molecule has 1 N–H and O–H groups in total. The summed E-state index contributed by atoms with van der Waals surface area (Å²) in [5.74, 6) is 0.775. The van der Waals surface area contributed by atoms with Crippen LogP contribution in [-0.4, -0.2) is 16.2 Å². The number of aromatic nitrogens is 2. The van der Waals surface area contributed by atoms with E-state index in [0.717, 1.165) is 18.7 Å². The van der Waals surface area contributed by atoms with Crippen molar-refractivity contribution >= 4 is 6.01 Å². The number of rotatable bonds is 5. The lowest BCUT2D eigenvalue weighted by Gasteiger charge is -1.96. The van der Waals surface area contributed by atoms with Crippen molar-refractivity contribution in [2.45, 2.75) is 31.7 Å². The van der Waals surface area contributed by atoms with Crippen molar-refractivity contribution in [3.8, 4) is 0 Å². The quantitative estimate of drug-likeness (QED) is 0.855. The second kappa shape index (κ2) is 4.57. The lowest BCUT2D eigenvalue weighted by molar-refractivity contribution is 0.422. The van der Waals surface area contributed by atoms with Crippen molar-refractivity contribution < 1.29 is 4.52 Å². The first-order chi connectivity index (χ1) is 8.40. The molecule has 0 radical (unpaired) electrons. The van der Waals surface area contributed by atoms with Crippen LogP contribution in [0.1, 0.15) is 24.2 Å². The van der Waals surface area contributed by atoms with E-state index in [1.54, 1.807) is 0 Å². The Morgan fingerprint density at radius 3 is 2.76 bits per heavy atom. The minimum absolute atomic E-state index is 0.553. The maximum atomic E-state index is 5.13. The van der Waals surface area contributed by atoms with Gasteiger partial charge in [0.15, 0.2) is 5.82 Å². The fourth-order valence-corrected chi connectivity index (χ4v) is 1.72. The van der Waals surface area contributed by atoms with E-state index in [1.165, 1.54) is 18.4 Å². The van der Waals surface area contributed by atoms with Crippen molar-refractivity contribution in [3.63, 3.8) is 0 Å². The van der Waals surface area contributed by atoms with Gasteiger partial charge in [0.2, 0.25) is 0 Å². The second-order valence-corrected chi connectivity index (χ2v) is 4.42. The highest BCUT2D eigenvalue weighted by Crippen LogP contribution is 2.23. The molecule has 1 aromatic heterocycles. The van der Waals surface area contributed by atoms with Crippen LogP contribution in [0.3, 0.4) is 0 Å². The summed E-state index contributed by atoms with van der Waals surface area (Å²) >= 11 is 0. The van der Waals surface area contributed by atoms with E-state index in [9.17, 15) is 0 Å². The van der Waals surface area contributed by atoms with Crippen LogP contribution in [0.2, 0.25) is 0 Å². The molecular formula is C13H15N3O. The molecule has 0 saturated heterocycles. The van der Waals surface area contributed by atoms with Crippen LogP contribution in [0.25, 0.3) is 0 Å². The van der Waals surface area contributed by atoms with Crippen molar-refractivity contribution in [1.82, 2.24) is 10.1 Å². The molecule has 1 aliphatic rings. The number of benzene rings is 1. The summed E-state index contributed by atoms with van der Waals surface area (Å²) in [4.78, 5) is 4.32. The minimum atomic E-state index is 0.553. The van der Waals surface area contributed by atoms with Gasteiger partial charge < -0.3 is 9.84 Å². The first kappa shape index (κ1) is 10.3. The third-order valence-electron chi connectivity index (χ3n) is 2.85. The van der Waals surface area contributed by atoms with Gasteiger partial charge in [0.25, 0.3) is 0 Å². The van der Waals surface area contributed by atoms with E-state index in [0.29, 0.717) is 12.1 Å². The van der Waals surface area contributed by atoms with E-state index >= 15 is 0 Å². The molecule has 2 aromatic rings. The van der Waals surface area contributed by atoms with E-state index in [4.69, 9.17) is 4.52 Å². The maximum absolute atomic E-state index is 5.13. The molecule has 0 bridgehead atoms. The molecule has 0 atom stereocenters. The highest BCUT2D eigenvalue weighted by Gasteiger charge is 2.23. The fourth-order valence-electron chi connectivity index (χ4n) is 1.72. The third-order valence-corrected chi connectivity index (χ3v) is 2.85. The first-order valence-corrected chi connectivity index (χ1v) is 6.03. The lowest BCUT2D eigenvalue weighted by atomic mass is 10.1. The van der Waals surface area contributed by atoms with Gasteiger partial charge in [-0.3, -0.25) is 0 Å². The molecule has 17 heavy (non-hydrogen) atoms. The van der Waals surface area contributed by atoms with Gasteiger partial charge in [-0.15, -0.1) is 0 Å². The Bertz CT molecular complexity index is 476. The van der Waals surface area contributed by atoms with Gasteiger partial charge in [-0.2, -0.15) is 4.98 Å². The molecule has 3 rings (SSSR count). The zero-order valence-electron chi connectivity index (χ0n) is 9.60. The Morgan fingerprint density at radius 1 is 1.18 bits per heavy atom. The number of nitrogens with zero attached hydrogens (tertiary/aromatic N) is 2. The van der Waals surface area contributed by atoms with Crippen molar-refractivity contribution in [2.24, 2.45) is 0 Å². The summed E-state index contributed by atoms with van der Waals surface area (Å²) in [6, 6.07) is 11.5. The Morgan fingerprint density at radius 2 is 2.00 bits per heavy atom. The normalized spacial score (nSPS) is 14.8. The van der Waals surface area contributed by atoms with Crippen molar-refractivity contribution in [2.75, 3.05) is 5.32 Å². The number of anilines is 1. The van der Waals surface area contributed by atoms with Gasteiger partial charge >= 0.3 is 6.01 Å². The highest BCUT2D eigenvalue weighted by molar-refractivity contribution is 5.23. The second-order valence-electron chi connectivity index (χ2n) is 4.42. The van der Waals surface area contributed by atoms with Gasteiger partial charge in [-0.05, 0) is 24.8 Å². The molecule has 1 saturated carbocycles. The SMILES string of the molecule is c1ccc(CCc2noc(NC3CC3)n2)cc1. The Balaban J connectivity index is 1.55. The summed E-state index contributed by atoms with van der Waals surface area (Å²) in [7, 11) is 0. The minimum Gasteiger partial charge on any atom is -0.335 e. The molecule has 0 amide bonds. The van der Waals surface area contributed by atoms with Gasteiger partial charge in [0.1, 0.15) is 0 Å². The molecule has 0 unspecified atom stereocenters. The Labute approximate surface area is 100 Å². The molecule has 0 spiro atoms. The van der Waals surface area contributed by atoms with Crippen LogP contribution in [0.5, 0.6) is 0 Å². The van der Waals surface area contributed by atoms with E-state index in [-0.39, 0.29) is 0 Å². The van der Waals surface area contributed by atoms with Gasteiger partial charge in [-0.1, -0.05) is 35.5 Å². The molecule has 1 heterocycles. The largest absolute Gasteiger partial charge is 0.335 e. The number of nitrogens with one attached hydrogen (secondary N) is 1. The smallest absolute Gasteiger partial charge is 0.321 e. The zero-order valence-corrected chi connectivity index (χ0v) is 9.60. The fraction of sp³-hybridized carbons (Fsp3) is 0.385. The Hall–Kier alpha value is -1.84. The number of hydrogen-bond donors (Lipinski definition) is 1. The molecule has 88 valence electrons. The van der Waals surface area contributed by atoms with E-state index in [1.807, 2.05) is 18.2 Å². The summed E-state index contributed by atoms with van der Waals surface area (Å²) in [6.07, 6.45) is 4.19. The monoisotopic (exact) mass is 229 g/mol. The Kier molecular flexibility index (Phi) is 2.78. The maximum Gasteiger partial charge on any atom is 0.321 e. The molecular weight excluding hydrogens is 214 g/mol.